The largest absolute Gasteiger partial charge is 0.317 e. The Kier molecular flexibility index (Phi) is 14.7. The van der Waals surface area contributed by atoms with Gasteiger partial charge in [0.25, 0.3) is 0 Å². The van der Waals surface area contributed by atoms with Gasteiger partial charge in [0, 0.05) is 0 Å². The van der Waals surface area contributed by atoms with E-state index in [9.17, 15) is 4.39 Å². The Morgan fingerprint density at radius 1 is 0.640 bits per heavy atom. The van der Waals surface area contributed by atoms with E-state index in [1.165, 1.54) is 82.6 Å². The minimum Gasteiger partial charge on any atom is -0.317 e. The fourth-order valence-electron chi connectivity index (χ4n) is 3.28. The summed E-state index contributed by atoms with van der Waals surface area (Å²) in [5, 5.41) is 3.53. The molecule has 0 saturated carbocycles. The van der Waals surface area contributed by atoms with E-state index >= 15 is 0 Å². The lowest BCUT2D eigenvalue weighted by Crippen LogP contribution is -2.17. The summed E-state index contributed by atoms with van der Waals surface area (Å²) >= 11 is 0. The van der Waals surface area contributed by atoms with Gasteiger partial charge in [-0.15, -0.1) is 0 Å². The van der Waals surface area contributed by atoms with Gasteiger partial charge in [-0.05, 0) is 50.0 Å². The first-order valence-electron chi connectivity index (χ1n) is 10.8. The molecule has 144 valence electrons. The molecule has 0 bridgehead atoms. The number of hydrogen-bond donors (Lipinski definition) is 1. The molecule has 0 aliphatic carbocycles. The van der Waals surface area contributed by atoms with Crippen molar-refractivity contribution >= 4 is 0 Å². The molecule has 0 aliphatic rings. The van der Waals surface area contributed by atoms with Gasteiger partial charge in [-0.1, -0.05) is 89.7 Å². The van der Waals surface area contributed by atoms with Crippen LogP contribution >= 0.6 is 0 Å². The Hall–Kier alpha value is -0.890. The fourth-order valence-corrected chi connectivity index (χ4v) is 3.28. The molecular weight excluding hydrogens is 309 g/mol. The Bertz CT molecular complexity index is 388. The van der Waals surface area contributed by atoms with Crippen molar-refractivity contribution in [2.24, 2.45) is 0 Å². The van der Waals surface area contributed by atoms with Crippen molar-refractivity contribution in [3.63, 3.8) is 0 Å². The third-order valence-electron chi connectivity index (χ3n) is 4.94. The second-order valence-corrected chi connectivity index (χ2v) is 7.37. The van der Waals surface area contributed by atoms with Crippen LogP contribution in [0.1, 0.15) is 96.0 Å². The number of hydrogen-bond acceptors (Lipinski definition) is 1. The fraction of sp³-hybridized carbons (Fsp3) is 0.739. The van der Waals surface area contributed by atoms with E-state index in [0.29, 0.717) is 0 Å². The molecule has 0 fully saturated rings. The maximum Gasteiger partial charge on any atom is 0.123 e. The second-order valence-electron chi connectivity index (χ2n) is 7.37. The predicted octanol–water partition coefficient (Wildman–Crippen LogP) is 7.05. The molecule has 25 heavy (non-hydrogen) atoms. The Balaban J connectivity index is 1.74. The molecule has 2 heteroatoms. The summed E-state index contributed by atoms with van der Waals surface area (Å²) in [5.74, 6) is -0.145. The molecule has 0 heterocycles. The standard InChI is InChI=1S/C23H40FN/c1-2-3-4-5-6-7-8-9-10-11-12-13-20-25-21-14-15-22-16-18-23(24)19-17-22/h16-19,25H,2-15,20-21H2,1H3. The van der Waals surface area contributed by atoms with Crippen LogP contribution in [0.4, 0.5) is 4.39 Å². The maximum absolute atomic E-state index is 12.8. The highest BCUT2D eigenvalue weighted by Gasteiger charge is 1.96. The summed E-state index contributed by atoms with van der Waals surface area (Å²) in [5.41, 5.74) is 1.23. The lowest BCUT2D eigenvalue weighted by molar-refractivity contribution is 0.534. The smallest absolute Gasteiger partial charge is 0.123 e. The van der Waals surface area contributed by atoms with Crippen molar-refractivity contribution in [1.82, 2.24) is 5.32 Å². The van der Waals surface area contributed by atoms with Crippen LogP contribution in [0.5, 0.6) is 0 Å². The van der Waals surface area contributed by atoms with E-state index in [0.717, 1.165) is 25.9 Å². The third kappa shape index (κ3) is 14.0. The SMILES string of the molecule is CCCCCCCCCCCCCCNCCCc1ccc(F)cc1. The average molecular weight is 350 g/mol. The quantitative estimate of drug-likeness (QED) is 0.297. The van der Waals surface area contributed by atoms with Crippen molar-refractivity contribution < 1.29 is 4.39 Å². The molecule has 0 aliphatic heterocycles. The number of halogens is 1. The van der Waals surface area contributed by atoms with Crippen LogP contribution < -0.4 is 5.32 Å². The van der Waals surface area contributed by atoms with Crippen molar-refractivity contribution in [2.45, 2.75) is 96.8 Å². The van der Waals surface area contributed by atoms with Crippen LogP contribution in [0.3, 0.4) is 0 Å². The van der Waals surface area contributed by atoms with E-state index in [1.807, 2.05) is 12.1 Å². The molecule has 1 aromatic carbocycles. The van der Waals surface area contributed by atoms with E-state index in [4.69, 9.17) is 0 Å². The molecule has 0 atom stereocenters. The van der Waals surface area contributed by atoms with Crippen LogP contribution in [0.2, 0.25) is 0 Å². The van der Waals surface area contributed by atoms with Gasteiger partial charge >= 0.3 is 0 Å². The zero-order valence-electron chi connectivity index (χ0n) is 16.5. The molecule has 1 nitrogen and oxygen atoms in total. The molecule has 0 unspecified atom stereocenters. The van der Waals surface area contributed by atoms with Crippen molar-refractivity contribution in [3.05, 3.63) is 35.6 Å². The Morgan fingerprint density at radius 2 is 1.12 bits per heavy atom. The minimum absolute atomic E-state index is 0.145. The van der Waals surface area contributed by atoms with Gasteiger partial charge < -0.3 is 5.32 Å². The lowest BCUT2D eigenvalue weighted by atomic mass is 10.1. The summed E-state index contributed by atoms with van der Waals surface area (Å²) in [4.78, 5) is 0. The predicted molar refractivity (Wildman–Crippen MR) is 109 cm³/mol. The van der Waals surface area contributed by atoms with Gasteiger partial charge in [0.15, 0.2) is 0 Å². The molecular formula is C23H40FN. The number of unbranched alkanes of at least 4 members (excludes halogenated alkanes) is 11. The van der Waals surface area contributed by atoms with E-state index in [2.05, 4.69) is 12.2 Å². The van der Waals surface area contributed by atoms with Gasteiger partial charge in [0.1, 0.15) is 5.82 Å². The number of nitrogens with one attached hydrogen (secondary N) is 1. The Labute approximate surface area is 155 Å². The molecule has 0 saturated heterocycles. The van der Waals surface area contributed by atoms with Crippen LogP contribution in [0.15, 0.2) is 24.3 Å². The number of benzene rings is 1. The van der Waals surface area contributed by atoms with Gasteiger partial charge in [0.05, 0.1) is 0 Å². The zero-order valence-corrected chi connectivity index (χ0v) is 16.5. The molecule has 0 radical (unpaired) electrons. The first-order chi connectivity index (χ1) is 12.3. The monoisotopic (exact) mass is 349 g/mol. The molecule has 0 spiro atoms. The number of rotatable bonds is 17. The van der Waals surface area contributed by atoms with Gasteiger partial charge in [-0.2, -0.15) is 0 Å². The normalized spacial score (nSPS) is 11.1. The summed E-state index contributed by atoms with van der Waals surface area (Å²) < 4.78 is 12.8. The van der Waals surface area contributed by atoms with Crippen LogP contribution in [-0.4, -0.2) is 13.1 Å². The van der Waals surface area contributed by atoms with Crippen molar-refractivity contribution in [3.8, 4) is 0 Å². The first kappa shape index (κ1) is 22.2. The maximum atomic E-state index is 12.8. The second kappa shape index (κ2) is 16.6. The summed E-state index contributed by atoms with van der Waals surface area (Å²) in [6.45, 7) is 4.49. The van der Waals surface area contributed by atoms with Gasteiger partial charge in [0.2, 0.25) is 0 Å². The summed E-state index contributed by atoms with van der Waals surface area (Å²) in [6.07, 6.45) is 19.0. The molecule has 1 rings (SSSR count). The minimum atomic E-state index is -0.145. The van der Waals surface area contributed by atoms with E-state index in [1.54, 1.807) is 12.1 Å². The van der Waals surface area contributed by atoms with Crippen LogP contribution in [0.25, 0.3) is 0 Å². The highest BCUT2D eigenvalue weighted by Crippen LogP contribution is 2.11. The van der Waals surface area contributed by atoms with Crippen molar-refractivity contribution in [2.75, 3.05) is 13.1 Å². The third-order valence-corrected chi connectivity index (χ3v) is 4.94. The Morgan fingerprint density at radius 3 is 1.68 bits per heavy atom. The summed E-state index contributed by atoms with van der Waals surface area (Å²) in [7, 11) is 0. The highest BCUT2D eigenvalue weighted by molar-refractivity contribution is 5.15. The molecule has 1 aromatic rings. The topological polar surface area (TPSA) is 12.0 Å². The van der Waals surface area contributed by atoms with Crippen LogP contribution in [-0.2, 0) is 6.42 Å². The number of aryl methyl sites for hydroxylation is 1. The highest BCUT2D eigenvalue weighted by atomic mass is 19.1. The van der Waals surface area contributed by atoms with Gasteiger partial charge in [-0.3, -0.25) is 0 Å². The summed E-state index contributed by atoms with van der Waals surface area (Å²) in [6, 6.07) is 6.88. The van der Waals surface area contributed by atoms with E-state index < -0.39 is 0 Å². The first-order valence-corrected chi connectivity index (χ1v) is 10.8. The molecule has 1 N–H and O–H groups in total. The lowest BCUT2D eigenvalue weighted by Gasteiger charge is -2.05. The molecule has 0 aromatic heterocycles. The molecule has 0 amide bonds. The average Bonchev–Trinajstić information content (AvgIpc) is 2.63. The van der Waals surface area contributed by atoms with E-state index in [-0.39, 0.29) is 5.82 Å². The van der Waals surface area contributed by atoms with Crippen molar-refractivity contribution in [1.29, 1.82) is 0 Å². The van der Waals surface area contributed by atoms with Crippen LogP contribution in [0, 0.1) is 5.82 Å². The zero-order chi connectivity index (χ0) is 18.0. The van der Waals surface area contributed by atoms with Gasteiger partial charge in [-0.25, -0.2) is 4.39 Å².